The zero-order valence-corrected chi connectivity index (χ0v) is 14.7. The summed E-state index contributed by atoms with van der Waals surface area (Å²) >= 11 is 0. The Morgan fingerprint density at radius 2 is 1.85 bits per heavy atom. The van der Waals surface area contributed by atoms with E-state index in [4.69, 9.17) is 0 Å². The van der Waals surface area contributed by atoms with E-state index in [0.29, 0.717) is 11.1 Å². The Balaban J connectivity index is 1.54. The van der Waals surface area contributed by atoms with E-state index < -0.39 is 0 Å². The van der Waals surface area contributed by atoms with Gasteiger partial charge in [0.1, 0.15) is 5.69 Å². The SMILES string of the molecule is O=C(c1cc2ccccc2c(=O)[nH]1)N1CCC[C@H]1CCc1ccccc1. The number of benzene rings is 2. The summed E-state index contributed by atoms with van der Waals surface area (Å²) in [7, 11) is 0. The number of aromatic nitrogens is 1. The predicted molar refractivity (Wildman–Crippen MR) is 103 cm³/mol. The van der Waals surface area contributed by atoms with Crippen LogP contribution in [0.2, 0.25) is 0 Å². The van der Waals surface area contributed by atoms with Crippen molar-refractivity contribution < 1.29 is 4.79 Å². The molecule has 0 saturated carbocycles. The lowest BCUT2D eigenvalue weighted by atomic mass is 10.0. The highest BCUT2D eigenvalue weighted by Gasteiger charge is 2.29. The maximum Gasteiger partial charge on any atom is 0.270 e. The Hall–Kier alpha value is -2.88. The van der Waals surface area contributed by atoms with Crippen molar-refractivity contribution in [3.8, 4) is 0 Å². The monoisotopic (exact) mass is 346 g/mol. The predicted octanol–water partition coefficient (Wildman–Crippen LogP) is 3.77. The highest BCUT2D eigenvalue weighted by atomic mass is 16.2. The topological polar surface area (TPSA) is 53.2 Å². The van der Waals surface area contributed by atoms with Gasteiger partial charge in [0, 0.05) is 18.0 Å². The van der Waals surface area contributed by atoms with Crippen LogP contribution >= 0.6 is 0 Å². The summed E-state index contributed by atoms with van der Waals surface area (Å²) in [5, 5.41) is 1.42. The van der Waals surface area contributed by atoms with E-state index >= 15 is 0 Å². The molecule has 1 amide bonds. The fraction of sp³-hybridized carbons (Fsp3) is 0.273. The first-order valence-corrected chi connectivity index (χ1v) is 9.19. The van der Waals surface area contributed by atoms with E-state index in [1.807, 2.05) is 41.3 Å². The number of aryl methyl sites for hydroxylation is 1. The lowest BCUT2D eigenvalue weighted by molar-refractivity contribution is 0.0724. The van der Waals surface area contributed by atoms with Crippen LogP contribution in [0.3, 0.4) is 0 Å². The summed E-state index contributed by atoms with van der Waals surface area (Å²) in [6.07, 6.45) is 3.95. The Morgan fingerprint density at radius 1 is 1.08 bits per heavy atom. The molecule has 1 saturated heterocycles. The molecule has 1 atom stereocenters. The third kappa shape index (κ3) is 3.27. The van der Waals surface area contributed by atoms with E-state index in [1.54, 1.807) is 12.1 Å². The van der Waals surface area contributed by atoms with Crippen molar-refractivity contribution in [2.75, 3.05) is 6.54 Å². The molecule has 0 radical (unpaired) electrons. The van der Waals surface area contributed by atoms with E-state index in [2.05, 4.69) is 17.1 Å². The van der Waals surface area contributed by atoms with Crippen molar-refractivity contribution in [3.63, 3.8) is 0 Å². The normalized spacial score (nSPS) is 16.9. The summed E-state index contributed by atoms with van der Waals surface area (Å²) in [5.74, 6) is -0.0663. The Labute approximate surface area is 152 Å². The number of hydrogen-bond donors (Lipinski definition) is 1. The van der Waals surface area contributed by atoms with E-state index in [1.165, 1.54) is 5.56 Å². The number of nitrogens with one attached hydrogen (secondary N) is 1. The summed E-state index contributed by atoms with van der Waals surface area (Å²) in [6, 6.07) is 19.8. The van der Waals surface area contributed by atoms with Gasteiger partial charge in [-0.1, -0.05) is 48.5 Å². The summed E-state index contributed by atoms with van der Waals surface area (Å²) in [4.78, 5) is 30.0. The second-order valence-electron chi connectivity index (χ2n) is 6.92. The lowest BCUT2D eigenvalue weighted by Crippen LogP contribution is -2.37. The lowest BCUT2D eigenvalue weighted by Gasteiger charge is -2.25. The van der Waals surface area contributed by atoms with Crippen LogP contribution in [0.4, 0.5) is 0 Å². The van der Waals surface area contributed by atoms with E-state index in [0.717, 1.165) is 37.6 Å². The number of fused-ring (bicyclic) bond motifs is 1. The van der Waals surface area contributed by atoms with Crippen molar-refractivity contribution in [1.82, 2.24) is 9.88 Å². The van der Waals surface area contributed by atoms with Gasteiger partial charge >= 0.3 is 0 Å². The smallest absolute Gasteiger partial charge is 0.270 e. The molecule has 0 bridgehead atoms. The molecule has 0 spiro atoms. The molecule has 1 fully saturated rings. The first kappa shape index (κ1) is 16.6. The van der Waals surface area contributed by atoms with Crippen molar-refractivity contribution >= 4 is 16.7 Å². The van der Waals surface area contributed by atoms with Crippen LogP contribution in [-0.4, -0.2) is 28.4 Å². The summed E-state index contributed by atoms with van der Waals surface area (Å²) < 4.78 is 0. The van der Waals surface area contributed by atoms with Crippen molar-refractivity contribution in [1.29, 1.82) is 0 Å². The molecule has 132 valence electrons. The number of aromatic amines is 1. The molecule has 4 rings (SSSR count). The number of carbonyl (C=O) groups excluding carboxylic acids is 1. The molecule has 0 unspecified atom stereocenters. The van der Waals surface area contributed by atoms with Crippen molar-refractivity contribution in [3.05, 3.63) is 82.3 Å². The molecule has 0 aliphatic carbocycles. The third-order valence-corrected chi connectivity index (χ3v) is 5.23. The quantitative estimate of drug-likeness (QED) is 0.782. The minimum Gasteiger partial charge on any atom is -0.334 e. The van der Waals surface area contributed by atoms with Crippen molar-refractivity contribution in [2.45, 2.75) is 31.7 Å². The highest BCUT2D eigenvalue weighted by Crippen LogP contribution is 2.24. The van der Waals surface area contributed by atoms with Crippen LogP contribution in [0.15, 0.2) is 65.5 Å². The van der Waals surface area contributed by atoms with Crippen LogP contribution in [-0.2, 0) is 6.42 Å². The molecule has 2 heterocycles. The number of hydrogen-bond acceptors (Lipinski definition) is 2. The van der Waals surface area contributed by atoms with Gasteiger partial charge in [0.2, 0.25) is 0 Å². The van der Waals surface area contributed by atoms with Gasteiger partial charge in [0.05, 0.1) is 0 Å². The maximum atomic E-state index is 13.0. The zero-order chi connectivity index (χ0) is 17.9. The number of amides is 1. The number of likely N-dealkylation sites (tertiary alicyclic amines) is 1. The van der Waals surface area contributed by atoms with Gasteiger partial charge in [0.15, 0.2) is 0 Å². The summed E-state index contributed by atoms with van der Waals surface area (Å²) in [5.41, 5.74) is 1.48. The van der Waals surface area contributed by atoms with Gasteiger partial charge in [-0.3, -0.25) is 9.59 Å². The Bertz CT molecular complexity index is 978. The number of nitrogens with zero attached hydrogens (tertiary/aromatic N) is 1. The molecule has 4 heteroatoms. The highest BCUT2D eigenvalue weighted by molar-refractivity contribution is 5.96. The molecule has 1 aliphatic rings. The van der Waals surface area contributed by atoms with Crippen LogP contribution in [0, 0.1) is 0 Å². The molecule has 1 N–H and O–H groups in total. The largest absolute Gasteiger partial charge is 0.334 e. The van der Waals surface area contributed by atoms with Gasteiger partial charge < -0.3 is 9.88 Å². The first-order chi connectivity index (χ1) is 12.7. The minimum absolute atomic E-state index is 0.0663. The molecular formula is C22H22N2O2. The second-order valence-corrected chi connectivity index (χ2v) is 6.92. The van der Waals surface area contributed by atoms with E-state index in [9.17, 15) is 9.59 Å². The third-order valence-electron chi connectivity index (χ3n) is 5.23. The van der Waals surface area contributed by atoms with Crippen molar-refractivity contribution in [2.24, 2.45) is 0 Å². The van der Waals surface area contributed by atoms with Gasteiger partial charge in [-0.15, -0.1) is 0 Å². The maximum absolute atomic E-state index is 13.0. The number of pyridine rings is 1. The molecule has 1 aliphatic heterocycles. The van der Waals surface area contributed by atoms with E-state index in [-0.39, 0.29) is 17.5 Å². The fourth-order valence-corrected chi connectivity index (χ4v) is 3.86. The van der Waals surface area contributed by atoms with Gasteiger partial charge in [-0.05, 0) is 48.8 Å². The average molecular weight is 346 g/mol. The van der Waals surface area contributed by atoms with Gasteiger partial charge in [-0.2, -0.15) is 0 Å². The van der Waals surface area contributed by atoms with Crippen LogP contribution < -0.4 is 5.56 Å². The molecule has 1 aromatic heterocycles. The molecular weight excluding hydrogens is 324 g/mol. The fourth-order valence-electron chi connectivity index (χ4n) is 3.86. The average Bonchev–Trinajstić information content (AvgIpc) is 3.15. The minimum atomic E-state index is -0.202. The number of rotatable bonds is 4. The molecule has 4 nitrogen and oxygen atoms in total. The van der Waals surface area contributed by atoms with Crippen LogP contribution in [0.5, 0.6) is 0 Å². The molecule has 26 heavy (non-hydrogen) atoms. The molecule has 2 aromatic carbocycles. The van der Waals surface area contributed by atoms with Gasteiger partial charge in [0.25, 0.3) is 11.5 Å². The second kappa shape index (κ2) is 7.16. The Morgan fingerprint density at radius 3 is 2.69 bits per heavy atom. The van der Waals surface area contributed by atoms with Crippen LogP contribution in [0.1, 0.15) is 35.3 Å². The summed E-state index contributed by atoms with van der Waals surface area (Å²) in [6.45, 7) is 0.757. The Kier molecular flexibility index (Phi) is 4.57. The molecule has 3 aromatic rings. The first-order valence-electron chi connectivity index (χ1n) is 9.19. The van der Waals surface area contributed by atoms with Gasteiger partial charge in [-0.25, -0.2) is 0 Å². The number of carbonyl (C=O) groups is 1. The zero-order valence-electron chi connectivity index (χ0n) is 14.7. The standard InChI is InChI=1S/C22H22N2O2/c25-21-19-11-5-4-9-17(19)15-20(23-21)22(26)24-14-6-10-18(24)13-12-16-7-2-1-3-8-16/h1-5,7-9,11,15,18H,6,10,12-14H2,(H,23,25)/t18-/m0/s1. The van der Waals surface area contributed by atoms with Crippen LogP contribution in [0.25, 0.3) is 10.8 Å². The number of H-pyrrole nitrogens is 1.